The van der Waals surface area contributed by atoms with Crippen LogP contribution in [0.3, 0.4) is 0 Å². The van der Waals surface area contributed by atoms with Crippen molar-refractivity contribution < 1.29 is 9.53 Å². The van der Waals surface area contributed by atoms with Gasteiger partial charge in [0.05, 0.1) is 0 Å². The number of hydrogen-bond donors (Lipinski definition) is 0. The number of ether oxygens (including phenoxy) is 1. The lowest BCUT2D eigenvalue weighted by Gasteiger charge is -2.43. The Kier molecular flexibility index (Phi) is 3.23. The molecule has 0 heterocycles. The van der Waals surface area contributed by atoms with Gasteiger partial charge in [-0.05, 0) is 60.2 Å². The molecule has 3 aliphatic rings. The molecule has 6 atom stereocenters. The van der Waals surface area contributed by atoms with Crippen molar-refractivity contribution in [2.24, 2.45) is 34.5 Å². The Balaban J connectivity index is 1.92. The lowest BCUT2D eigenvalue weighted by Crippen LogP contribution is -2.42. The van der Waals surface area contributed by atoms with Crippen molar-refractivity contribution in [3.05, 3.63) is 0 Å². The highest BCUT2D eigenvalue weighted by Crippen LogP contribution is 2.72. The predicted molar refractivity (Wildman–Crippen MR) is 80.2 cm³/mol. The lowest BCUT2D eigenvalue weighted by atomic mass is 9.64. The standard InChI is InChI=1S/C18H30O2/c1-6-16(19)20-14-10-18-9-13(12(14)3)17(4,5)15(18)8-7-11(18)2/h11-15H,6-10H2,1-5H3/t11-,12-,13+,14?,15+,18-/m1/s1. The van der Waals surface area contributed by atoms with Gasteiger partial charge < -0.3 is 4.74 Å². The van der Waals surface area contributed by atoms with Gasteiger partial charge >= 0.3 is 5.97 Å². The fraction of sp³-hybridized carbons (Fsp3) is 0.944. The van der Waals surface area contributed by atoms with E-state index in [9.17, 15) is 4.79 Å². The van der Waals surface area contributed by atoms with Gasteiger partial charge in [0.25, 0.3) is 0 Å². The molecule has 0 N–H and O–H groups in total. The molecule has 3 saturated carbocycles. The average molecular weight is 278 g/mol. The van der Waals surface area contributed by atoms with Crippen molar-refractivity contribution in [2.45, 2.75) is 72.8 Å². The first-order chi connectivity index (χ1) is 9.33. The smallest absolute Gasteiger partial charge is 0.305 e. The molecule has 0 amide bonds. The summed E-state index contributed by atoms with van der Waals surface area (Å²) in [5.74, 6) is 2.86. The molecule has 0 aromatic rings. The third kappa shape index (κ3) is 1.72. The maximum atomic E-state index is 11.8. The summed E-state index contributed by atoms with van der Waals surface area (Å²) in [5, 5.41) is 0. The van der Waals surface area contributed by atoms with Crippen molar-refractivity contribution >= 4 is 5.97 Å². The number of carbonyl (C=O) groups is 1. The molecule has 3 fully saturated rings. The average Bonchev–Trinajstić information content (AvgIpc) is 2.80. The first kappa shape index (κ1) is 14.4. The lowest BCUT2D eigenvalue weighted by molar-refractivity contribution is -0.158. The quantitative estimate of drug-likeness (QED) is 0.699. The van der Waals surface area contributed by atoms with E-state index in [4.69, 9.17) is 4.74 Å². The van der Waals surface area contributed by atoms with Crippen molar-refractivity contribution in [1.29, 1.82) is 0 Å². The molecular weight excluding hydrogens is 248 g/mol. The minimum absolute atomic E-state index is 0.0143. The first-order valence-electron chi connectivity index (χ1n) is 8.52. The fourth-order valence-electron chi connectivity index (χ4n) is 6.23. The van der Waals surface area contributed by atoms with Crippen molar-refractivity contribution in [2.75, 3.05) is 0 Å². The summed E-state index contributed by atoms with van der Waals surface area (Å²) in [6, 6.07) is 0. The number of fused-ring (bicyclic) bond motifs is 1. The highest BCUT2D eigenvalue weighted by Gasteiger charge is 2.67. The van der Waals surface area contributed by atoms with Crippen molar-refractivity contribution in [1.82, 2.24) is 0 Å². The summed E-state index contributed by atoms with van der Waals surface area (Å²) in [4.78, 5) is 11.8. The van der Waals surface area contributed by atoms with E-state index >= 15 is 0 Å². The van der Waals surface area contributed by atoms with Gasteiger partial charge in [0.2, 0.25) is 0 Å². The highest BCUT2D eigenvalue weighted by atomic mass is 16.5. The van der Waals surface area contributed by atoms with E-state index in [1.54, 1.807) is 0 Å². The van der Waals surface area contributed by atoms with Crippen LogP contribution in [0.5, 0.6) is 0 Å². The van der Waals surface area contributed by atoms with E-state index in [1.165, 1.54) is 19.3 Å². The van der Waals surface area contributed by atoms with Crippen molar-refractivity contribution in [3.8, 4) is 0 Å². The minimum atomic E-state index is -0.0143. The Morgan fingerprint density at radius 3 is 2.55 bits per heavy atom. The molecule has 0 aromatic carbocycles. The maximum absolute atomic E-state index is 11.8. The number of rotatable bonds is 2. The molecule has 0 radical (unpaired) electrons. The van der Waals surface area contributed by atoms with Gasteiger partial charge in [-0.15, -0.1) is 0 Å². The highest BCUT2D eigenvalue weighted by molar-refractivity contribution is 5.69. The number of esters is 1. The largest absolute Gasteiger partial charge is 0.462 e. The summed E-state index contributed by atoms with van der Waals surface area (Å²) in [6.07, 6.45) is 5.89. The van der Waals surface area contributed by atoms with Crippen LogP contribution in [0.4, 0.5) is 0 Å². The Morgan fingerprint density at radius 2 is 1.90 bits per heavy atom. The predicted octanol–water partition coefficient (Wildman–Crippen LogP) is 4.43. The zero-order valence-corrected chi connectivity index (χ0v) is 13.7. The van der Waals surface area contributed by atoms with E-state index in [1.807, 2.05) is 6.92 Å². The molecule has 2 heteroatoms. The monoisotopic (exact) mass is 278 g/mol. The van der Waals surface area contributed by atoms with Crippen LogP contribution in [0.15, 0.2) is 0 Å². The fourth-order valence-corrected chi connectivity index (χ4v) is 6.23. The molecule has 2 nitrogen and oxygen atoms in total. The van der Waals surface area contributed by atoms with Gasteiger partial charge in [-0.25, -0.2) is 0 Å². The van der Waals surface area contributed by atoms with E-state index < -0.39 is 0 Å². The van der Waals surface area contributed by atoms with Gasteiger partial charge in [-0.2, -0.15) is 0 Å². The summed E-state index contributed by atoms with van der Waals surface area (Å²) in [5.41, 5.74) is 0.872. The van der Waals surface area contributed by atoms with Crippen LogP contribution < -0.4 is 0 Å². The molecule has 3 rings (SSSR count). The summed E-state index contributed by atoms with van der Waals surface area (Å²) in [7, 11) is 0. The van der Waals surface area contributed by atoms with Crippen LogP contribution in [0.25, 0.3) is 0 Å². The van der Waals surface area contributed by atoms with Crippen molar-refractivity contribution in [3.63, 3.8) is 0 Å². The van der Waals surface area contributed by atoms with Crippen LogP contribution in [-0.2, 0) is 9.53 Å². The Bertz CT molecular complexity index is 414. The molecule has 1 unspecified atom stereocenters. The molecule has 0 saturated heterocycles. The minimum Gasteiger partial charge on any atom is -0.462 e. The summed E-state index contributed by atoms with van der Waals surface area (Å²) < 4.78 is 5.84. The molecule has 114 valence electrons. The zero-order chi connectivity index (χ0) is 14.7. The van der Waals surface area contributed by atoms with Gasteiger partial charge in [0.15, 0.2) is 0 Å². The van der Waals surface area contributed by atoms with Crippen LogP contribution in [0.1, 0.15) is 66.7 Å². The molecule has 20 heavy (non-hydrogen) atoms. The Hall–Kier alpha value is -0.530. The first-order valence-corrected chi connectivity index (χ1v) is 8.52. The second kappa shape index (κ2) is 4.48. The van der Waals surface area contributed by atoms with E-state index in [-0.39, 0.29) is 12.1 Å². The van der Waals surface area contributed by atoms with Gasteiger partial charge in [-0.3, -0.25) is 4.79 Å². The summed E-state index contributed by atoms with van der Waals surface area (Å²) >= 11 is 0. The SMILES string of the molecule is CCC(=O)OC1C[C@@]23C[C@@H]([C@H]1C)C(C)(C)[C@@H]2CC[C@H]3C. The van der Waals surface area contributed by atoms with Crippen LogP contribution in [-0.4, -0.2) is 12.1 Å². The number of hydrogen-bond acceptors (Lipinski definition) is 2. The van der Waals surface area contributed by atoms with Crippen LogP contribution >= 0.6 is 0 Å². The van der Waals surface area contributed by atoms with Crippen LogP contribution in [0, 0.1) is 34.5 Å². The van der Waals surface area contributed by atoms with Gasteiger partial charge in [0, 0.05) is 6.42 Å². The second-order valence-corrected chi connectivity index (χ2v) is 8.34. The number of carbonyl (C=O) groups excluding carboxylic acids is 1. The molecular formula is C18H30O2. The van der Waals surface area contributed by atoms with E-state index in [0.717, 1.165) is 24.2 Å². The molecule has 1 spiro atoms. The zero-order valence-electron chi connectivity index (χ0n) is 13.7. The third-order valence-corrected chi connectivity index (χ3v) is 7.39. The third-order valence-electron chi connectivity index (χ3n) is 7.39. The molecule has 3 aliphatic carbocycles. The Morgan fingerprint density at radius 1 is 1.20 bits per heavy atom. The topological polar surface area (TPSA) is 26.3 Å². The molecule has 0 aliphatic heterocycles. The molecule has 2 bridgehead atoms. The normalized spacial score (nSPS) is 49.0. The van der Waals surface area contributed by atoms with Gasteiger partial charge in [0.1, 0.15) is 6.10 Å². The second-order valence-electron chi connectivity index (χ2n) is 8.34. The molecule has 0 aromatic heterocycles. The Labute approximate surface area is 123 Å². The summed E-state index contributed by atoms with van der Waals surface area (Å²) in [6.45, 7) is 11.6. The van der Waals surface area contributed by atoms with E-state index in [0.29, 0.717) is 23.2 Å². The maximum Gasteiger partial charge on any atom is 0.305 e. The van der Waals surface area contributed by atoms with E-state index in [2.05, 4.69) is 27.7 Å². The van der Waals surface area contributed by atoms with Crippen LogP contribution in [0.2, 0.25) is 0 Å². The van der Waals surface area contributed by atoms with Gasteiger partial charge in [-0.1, -0.05) is 34.6 Å².